The van der Waals surface area contributed by atoms with Gasteiger partial charge in [-0.3, -0.25) is 4.99 Å². The Balaban J connectivity index is 4.20. The Morgan fingerprint density at radius 2 is 1.90 bits per heavy atom. The minimum absolute atomic E-state index is 0.0342. The number of hydrogen-bond acceptors (Lipinski definition) is 2. The van der Waals surface area contributed by atoms with Crippen molar-refractivity contribution < 1.29 is 0 Å². The fourth-order valence-electron chi connectivity index (χ4n) is 0.348. The molecule has 0 atom stereocenters. The molecule has 0 saturated carbocycles. The van der Waals surface area contributed by atoms with Crippen LogP contribution in [0.5, 0.6) is 0 Å². The molecule has 0 unspecified atom stereocenters. The molecule has 2 N–H and O–H groups in total. The highest BCUT2D eigenvalue weighted by atomic mass is 14.7. The van der Waals surface area contributed by atoms with E-state index in [1.807, 2.05) is 6.92 Å². The van der Waals surface area contributed by atoms with Crippen LogP contribution in [0.1, 0.15) is 27.7 Å². The summed E-state index contributed by atoms with van der Waals surface area (Å²) in [6, 6.07) is 0. The van der Waals surface area contributed by atoms with E-state index in [4.69, 9.17) is 5.73 Å². The zero-order valence-corrected chi connectivity index (χ0v) is 7.18. The number of nitrogens with zero attached hydrogens (tertiary/aromatic N) is 1. The van der Waals surface area contributed by atoms with Crippen molar-refractivity contribution in [1.29, 1.82) is 0 Å². The molecule has 0 aromatic carbocycles. The molecule has 58 valence electrons. The third-order valence-corrected chi connectivity index (χ3v) is 1.23. The van der Waals surface area contributed by atoms with Crippen molar-refractivity contribution in [3.8, 4) is 0 Å². The molecule has 2 heteroatoms. The van der Waals surface area contributed by atoms with Gasteiger partial charge in [-0.2, -0.15) is 0 Å². The molecule has 0 aromatic rings. The molecule has 0 saturated heterocycles. The van der Waals surface area contributed by atoms with E-state index in [1.54, 1.807) is 12.4 Å². The Morgan fingerprint density at radius 3 is 2.20 bits per heavy atom. The molecule has 10 heavy (non-hydrogen) atoms. The third kappa shape index (κ3) is 3.28. The van der Waals surface area contributed by atoms with E-state index in [-0.39, 0.29) is 5.41 Å². The molecule has 0 radical (unpaired) electrons. The average molecular weight is 140 g/mol. The SMILES string of the molecule is C/C=N\C=C(/N)C(C)(C)C. The van der Waals surface area contributed by atoms with Crippen molar-refractivity contribution >= 4 is 6.21 Å². The zero-order valence-electron chi connectivity index (χ0n) is 7.18. The lowest BCUT2D eigenvalue weighted by molar-refractivity contribution is 0.496. The van der Waals surface area contributed by atoms with Gasteiger partial charge in [0.25, 0.3) is 0 Å². The number of aliphatic imine (C=N–C) groups is 1. The Bertz CT molecular complexity index is 149. The van der Waals surface area contributed by atoms with Crippen molar-refractivity contribution in [2.45, 2.75) is 27.7 Å². The van der Waals surface area contributed by atoms with Crippen LogP contribution in [0, 0.1) is 5.41 Å². The van der Waals surface area contributed by atoms with Crippen LogP contribution in [-0.4, -0.2) is 6.21 Å². The molecule has 0 aliphatic carbocycles. The van der Waals surface area contributed by atoms with Crippen molar-refractivity contribution in [3.05, 3.63) is 11.9 Å². The van der Waals surface area contributed by atoms with Crippen molar-refractivity contribution in [2.75, 3.05) is 0 Å². The second-order valence-corrected chi connectivity index (χ2v) is 3.24. The lowest BCUT2D eigenvalue weighted by Crippen LogP contribution is -2.16. The predicted molar refractivity (Wildman–Crippen MR) is 45.9 cm³/mol. The normalized spacial score (nSPS) is 14.6. The Morgan fingerprint density at radius 1 is 1.40 bits per heavy atom. The molecule has 0 aliphatic heterocycles. The van der Waals surface area contributed by atoms with Crippen LogP contribution in [0.3, 0.4) is 0 Å². The summed E-state index contributed by atoms with van der Waals surface area (Å²) in [6.07, 6.45) is 3.42. The summed E-state index contributed by atoms with van der Waals surface area (Å²) in [7, 11) is 0. The first-order valence-electron chi connectivity index (χ1n) is 3.42. The highest BCUT2D eigenvalue weighted by Crippen LogP contribution is 2.19. The van der Waals surface area contributed by atoms with Crippen LogP contribution in [0.4, 0.5) is 0 Å². The number of allylic oxidation sites excluding steroid dienone is 1. The van der Waals surface area contributed by atoms with E-state index in [9.17, 15) is 0 Å². The molecular formula is C8H16N2. The number of hydrogen-bond donors (Lipinski definition) is 1. The van der Waals surface area contributed by atoms with Crippen LogP contribution in [-0.2, 0) is 0 Å². The molecule has 0 heterocycles. The van der Waals surface area contributed by atoms with Crippen LogP contribution in [0.2, 0.25) is 0 Å². The van der Waals surface area contributed by atoms with Crippen molar-refractivity contribution in [2.24, 2.45) is 16.1 Å². The van der Waals surface area contributed by atoms with Gasteiger partial charge in [0.1, 0.15) is 0 Å². The highest BCUT2D eigenvalue weighted by molar-refractivity contribution is 5.54. The summed E-state index contributed by atoms with van der Waals surface area (Å²) < 4.78 is 0. The summed E-state index contributed by atoms with van der Waals surface area (Å²) in [4.78, 5) is 3.93. The summed E-state index contributed by atoms with van der Waals surface area (Å²) in [6.45, 7) is 8.05. The van der Waals surface area contributed by atoms with Crippen LogP contribution < -0.4 is 5.73 Å². The van der Waals surface area contributed by atoms with Crippen LogP contribution in [0.25, 0.3) is 0 Å². The predicted octanol–water partition coefficient (Wildman–Crippen LogP) is 1.92. The van der Waals surface area contributed by atoms with Crippen molar-refractivity contribution in [1.82, 2.24) is 0 Å². The highest BCUT2D eigenvalue weighted by Gasteiger charge is 2.12. The molecule has 2 nitrogen and oxygen atoms in total. The zero-order chi connectivity index (χ0) is 8.20. The fourth-order valence-corrected chi connectivity index (χ4v) is 0.348. The van der Waals surface area contributed by atoms with Gasteiger partial charge in [-0.1, -0.05) is 20.8 Å². The van der Waals surface area contributed by atoms with E-state index in [0.717, 1.165) is 5.70 Å². The smallest absolute Gasteiger partial charge is 0.0456 e. The van der Waals surface area contributed by atoms with Gasteiger partial charge in [0.2, 0.25) is 0 Å². The summed E-state index contributed by atoms with van der Waals surface area (Å²) >= 11 is 0. The monoisotopic (exact) mass is 140 g/mol. The first-order valence-corrected chi connectivity index (χ1v) is 3.42. The average Bonchev–Trinajstić information content (AvgIpc) is 1.80. The largest absolute Gasteiger partial charge is 0.400 e. The Labute approximate surface area is 62.8 Å². The molecule has 0 amide bonds. The lowest BCUT2D eigenvalue weighted by atomic mass is 9.93. The van der Waals surface area contributed by atoms with Gasteiger partial charge in [0.15, 0.2) is 0 Å². The first-order chi connectivity index (χ1) is 4.48. The van der Waals surface area contributed by atoms with Gasteiger partial charge in [-0.15, -0.1) is 0 Å². The van der Waals surface area contributed by atoms with Gasteiger partial charge in [-0.25, -0.2) is 0 Å². The Kier molecular flexibility index (Phi) is 3.13. The van der Waals surface area contributed by atoms with Gasteiger partial charge >= 0.3 is 0 Å². The van der Waals surface area contributed by atoms with Crippen LogP contribution in [0.15, 0.2) is 16.9 Å². The maximum Gasteiger partial charge on any atom is 0.0456 e. The van der Waals surface area contributed by atoms with E-state index in [0.29, 0.717) is 0 Å². The van der Waals surface area contributed by atoms with Gasteiger partial charge < -0.3 is 5.73 Å². The molecule has 0 fully saturated rings. The van der Waals surface area contributed by atoms with E-state index >= 15 is 0 Å². The molecule has 0 aromatic heterocycles. The fraction of sp³-hybridized carbons (Fsp3) is 0.625. The van der Waals surface area contributed by atoms with Crippen molar-refractivity contribution in [3.63, 3.8) is 0 Å². The molecule has 0 bridgehead atoms. The minimum atomic E-state index is 0.0342. The van der Waals surface area contributed by atoms with Gasteiger partial charge in [-0.05, 0) is 6.92 Å². The van der Waals surface area contributed by atoms with Crippen LogP contribution >= 0.6 is 0 Å². The first kappa shape index (κ1) is 9.21. The van der Waals surface area contributed by atoms with E-state index in [1.165, 1.54) is 0 Å². The number of rotatable bonds is 1. The lowest BCUT2D eigenvalue weighted by Gasteiger charge is -2.17. The summed E-state index contributed by atoms with van der Waals surface area (Å²) in [5, 5.41) is 0. The summed E-state index contributed by atoms with van der Waals surface area (Å²) in [5.74, 6) is 0. The summed E-state index contributed by atoms with van der Waals surface area (Å²) in [5.41, 5.74) is 6.53. The molecule has 0 spiro atoms. The third-order valence-electron chi connectivity index (χ3n) is 1.23. The second kappa shape index (κ2) is 3.40. The maximum absolute atomic E-state index is 5.68. The quantitative estimate of drug-likeness (QED) is 0.555. The Hall–Kier alpha value is -0.790. The molecular weight excluding hydrogens is 124 g/mol. The molecule has 0 aliphatic rings. The van der Waals surface area contributed by atoms with E-state index < -0.39 is 0 Å². The minimum Gasteiger partial charge on any atom is -0.400 e. The number of nitrogens with two attached hydrogens (primary N) is 1. The molecule has 0 rings (SSSR count). The topological polar surface area (TPSA) is 38.4 Å². The van der Waals surface area contributed by atoms with E-state index in [2.05, 4.69) is 25.8 Å². The standard InChI is InChI=1S/C8H16N2/c1-5-10-6-7(9)8(2,3)4/h5-6H,9H2,1-4H3/b7-6-,10-5-. The van der Waals surface area contributed by atoms with Gasteiger partial charge in [0, 0.05) is 23.5 Å². The second-order valence-electron chi connectivity index (χ2n) is 3.24. The van der Waals surface area contributed by atoms with Gasteiger partial charge in [0.05, 0.1) is 0 Å². The maximum atomic E-state index is 5.68.